The standard InChI is InChI=1S/C23H24N2O4.C16H23NO4.C16H23NO3.C15H21NO5S.C11H15NO2.C11H15NO.C10H13NO3S.3ClH/c1-14-9-10-15-12-24(22(28)29-23(2,3)4)13-19(18(15)11-14)25-20(26)16-7-5-6-8-17(16)21(25)27;1-5-20-12-7-6-11-9-17(10-14(18)13(11)8-12)15(19)21-16(2,3)4;1-5-19-14-7-6-13-11-17(9-8-12(13)10-14)15(18)20-16(2,3)4;1-15(2,3)20-14(17)16-8-7-11-9-13(21-22(4,18)19)6-5-12(11)10-16;1-2-14-9-4-3-8-6-12-7-11(13)10(8)5-9;1-2-13-11-4-3-10-8-12-6-5-9(10)7-11;1-15(12,13)14-10-3-2-9-7-11-5-4-8(9)6-10;;;/h5-11,19H,12-13H2,1-4H3;6-8,14,18H,5,9-10H2,1-4H3;6-7,10H,5,8-9,11H2,1-4H3;5-6,9H,7-8,10H2,1-4H3;3-5,11-13H,2,6-7H2,1H3;3-4,7,12H,2,5-6,8H2,1H3;2-3,6,11H,4-5,7H2,1H3;3*1H. The van der Waals surface area contributed by atoms with Gasteiger partial charge in [0, 0.05) is 72.0 Å². The number of carbonyl (C=O) groups excluding carboxylic acids is 6. The van der Waals surface area contributed by atoms with Crippen LogP contribution < -0.4 is 43.3 Å². The minimum Gasteiger partial charge on any atom is -0.494 e. The van der Waals surface area contributed by atoms with Crippen LogP contribution in [0.25, 0.3) is 0 Å². The summed E-state index contributed by atoms with van der Waals surface area (Å²) in [5.41, 5.74) is 15.0. The number of hydrogen-bond acceptors (Lipinski definition) is 25. The first kappa shape index (κ1) is 113. The third-order valence-electron chi connectivity index (χ3n) is 21.8. The number of β-amino-alcohol motifs (C(OH)–C–C–N with tert-alkyl or cyclic N) is 2. The number of aliphatic hydroxyl groups is 2. The zero-order valence-corrected chi connectivity index (χ0v) is 86.1. The molecule has 0 saturated carbocycles. The van der Waals surface area contributed by atoms with E-state index in [0.717, 1.165) is 150 Å². The summed E-state index contributed by atoms with van der Waals surface area (Å²) < 4.78 is 97.3. The Bertz CT molecular complexity index is 5670. The number of nitrogens with zero attached hydrogens (tertiary/aromatic N) is 5. The van der Waals surface area contributed by atoms with Gasteiger partial charge in [-0.3, -0.25) is 14.5 Å². The smallest absolute Gasteiger partial charge is 0.410 e. The molecule has 0 radical (unpaired) electrons. The molecule has 8 aliphatic rings. The maximum Gasteiger partial charge on any atom is 0.410 e. The molecule has 30 nitrogen and oxygen atoms in total. The number of amides is 6. The average molecular weight is 2000 g/mol. The SMILES string of the molecule is CC(C)(C)OC(=O)N1CCc2cc(OS(C)(=O)=O)ccc2C1.CCOc1ccc2c(c1)C(O)CN(C(=O)OC(C)(C)C)C2.CCOc1ccc2c(c1)C(O)CNC2.CCOc1ccc2c(c1)CCN(C(=O)OC(C)(C)C)C2.CCOc1ccc2c(c1)CCNC2.CS(=O)(=O)Oc1ccc2c(c1)CCNC2.Cc1ccc2c(c1)C(N1C(=O)c3ccccc3C1=O)CN(C(=O)OC(C)(C)C)C2.Cl.Cl.Cl. The largest absolute Gasteiger partial charge is 0.494 e. The van der Waals surface area contributed by atoms with Crippen LogP contribution in [0.2, 0.25) is 0 Å². The van der Waals surface area contributed by atoms with Crippen molar-refractivity contribution in [2.45, 2.75) is 230 Å². The van der Waals surface area contributed by atoms with Crippen molar-refractivity contribution in [3.05, 3.63) is 246 Å². The van der Waals surface area contributed by atoms with Crippen molar-refractivity contribution in [3.63, 3.8) is 0 Å². The maximum atomic E-state index is 13.1. The molecule has 8 heterocycles. The number of ether oxygens (including phenoxy) is 8. The lowest BCUT2D eigenvalue weighted by molar-refractivity contribution is 0.00812. The van der Waals surface area contributed by atoms with Crippen LogP contribution >= 0.6 is 37.2 Å². The first-order valence-electron chi connectivity index (χ1n) is 45.6. The predicted molar refractivity (Wildman–Crippen MR) is 533 cm³/mol. The highest BCUT2D eigenvalue weighted by Gasteiger charge is 2.45. The summed E-state index contributed by atoms with van der Waals surface area (Å²) >= 11 is 0. The highest BCUT2D eigenvalue weighted by atomic mass is 35.5. The van der Waals surface area contributed by atoms with Crippen molar-refractivity contribution < 1.29 is 102 Å². The van der Waals surface area contributed by atoms with E-state index >= 15 is 0 Å². The minimum atomic E-state index is -3.53. The molecule has 137 heavy (non-hydrogen) atoms. The second-order valence-corrected chi connectivity index (χ2v) is 40.7. The average Bonchev–Trinajstić information content (AvgIpc) is 1.62. The number of halogens is 3. The van der Waals surface area contributed by atoms with E-state index < -0.39 is 73.1 Å². The molecule has 750 valence electrons. The van der Waals surface area contributed by atoms with Gasteiger partial charge in [-0.2, -0.15) is 16.8 Å². The van der Waals surface area contributed by atoms with Crippen molar-refractivity contribution in [3.8, 4) is 34.5 Å². The van der Waals surface area contributed by atoms with Gasteiger partial charge in [0.1, 0.15) is 56.9 Å². The van der Waals surface area contributed by atoms with Gasteiger partial charge >= 0.3 is 44.6 Å². The Hall–Kier alpha value is -10.7. The van der Waals surface area contributed by atoms with Gasteiger partial charge in [0.2, 0.25) is 0 Å². The molecule has 0 spiro atoms. The summed E-state index contributed by atoms with van der Waals surface area (Å²) in [5, 5.41) is 29.8. The summed E-state index contributed by atoms with van der Waals surface area (Å²) in [7, 11) is -6.95. The third-order valence-corrected chi connectivity index (χ3v) is 22.8. The van der Waals surface area contributed by atoms with Crippen molar-refractivity contribution in [1.82, 2.24) is 40.4 Å². The second-order valence-electron chi connectivity index (χ2n) is 37.5. The third kappa shape index (κ3) is 34.4. The molecule has 5 N–H and O–H groups in total. The molecule has 0 aliphatic carbocycles. The normalized spacial score (nSPS) is 16.5. The van der Waals surface area contributed by atoms with Crippen molar-refractivity contribution in [2.24, 2.45) is 0 Å². The number of aryl methyl sites for hydroxylation is 1. The van der Waals surface area contributed by atoms with Gasteiger partial charge < -0.3 is 92.0 Å². The molecule has 8 aromatic rings. The van der Waals surface area contributed by atoms with Crippen molar-refractivity contribution in [1.29, 1.82) is 0 Å². The molecule has 0 aromatic heterocycles. The molecule has 8 aliphatic heterocycles. The van der Waals surface area contributed by atoms with E-state index in [1.807, 2.05) is 190 Å². The van der Waals surface area contributed by atoms with Crippen LogP contribution in [-0.4, -0.2) is 195 Å². The monoisotopic (exact) mass is 1990 g/mol. The van der Waals surface area contributed by atoms with Crippen LogP contribution in [0.1, 0.15) is 233 Å². The molecule has 0 saturated heterocycles. The molecular weight excluding hydrogens is 1860 g/mol. The number of rotatable bonds is 13. The van der Waals surface area contributed by atoms with Crippen molar-refractivity contribution in [2.75, 3.05) is 84.8 Å². The van der Waals surface area contributed by atoms with Crippen LogP contribution in [0.4, 0.5) is 19.2 Å². The zero-order valence-electron chi connectivity index (χ0n) is 82.1. The fourth-order valence-corrected chi connectivity index (χ4v) is 16.8. The number of hydrogen-bond donors (Lipinski definition) is 5. The summed E-state index contributed by atoms with van der Waals surface area (Å²) in [5.74, 6) is 3.53. The Kier molecular flexibility index (Phi) is 41.6. The number of imide groups is 1. The zero-order chi connectivity index (χ0) is 97.8. The number of fused-ring (bicyclic) bond motifs is 8. The molecule has 0 bridgehead atoms. The summed E-state index contributed by atoms with van der Waals surface area (Å²) in [6, 6.07) is 46.6. The maximum absolute atomic E-state index is 13.1. The van der Waals surface area contributed by atoms with Crippen LogP contribution in [0.5, 0.6) is 34.5 Å². The quantitative estimate of drug-likeness (QED) is 0.0406. The van der Waals surface area contributed by atoms with Gasteiger partial charge in [-0.05, 0) is 319 Å². The lowest BCUT2D eigenvalue weighted by Gasteiger charge is -2.38. The predicted octanol–water partition coefficient (Wildman–Crippen LogP) is 17.5. The highest BCUT2D eigenvalue weighted by molar-refractivity contribution is 7.86. The van der Waals surface area contributed by atoms with E-state index in [2.05, 4.69) is 40.2 Å². The van der Waals surface area contributed by atoms with Gasteiger partial charge in [-0.25, -0.2) is 19.2 Å². The summed E-state index contributed by atoms with van der Waals surface area (Å²) in [4.78, 5) is 82.9. The first-order chi connectivity index (χ1) is 63.1. The Balaban J connectivity index is 0.000000220. The summed E-state index contributed by atoms with van der Waals surface area (Å²) in [6.45, 7) is 43.4. The van der Waals surface area contributed by atoms with Gasteiger partial charge in [-0.1, -0.05) is 72.3 Å². The van der Waals surface area contributed by atoms with E-state index in [4.69, 9.17) is 46.3 Å². The van der Waals surface area contributed by atoms with Gasteiger partial charge in [0.05, 0.1) is 74.9 Å². The van der Waals surface area contributed by atoms with Gasteiger partial charge in [-0.15, -0.1) is 37.2 Å². The lowest BCUT2D eigenvalue weighted by Crippen LogP contribution is -2.47. The van der Waals surface area contributed by atoms with Crippen LogP contribution in [0.15, 0.2) is 152 Å². The Labute approximate surface area is 826 Å². The van der Waals surface area contributed by atoms with Crippen LogP contribution in [-0.2, 0) is 111 Å². The van der Waals surface area contributed by atoms with E-state index in [1.165, 1.54) is 37.6 Å². The fourth-order valence-electron chi connectivity index (χ4n) is 15.9. The molecule has 0 fully saturated rings. The van der Waals surface area contributed by atoms with E-state index in [1.54, 1.807) is 69.3 Å². The van der Waals surface area contributed by atoms with E-state index in [-0.39, 0.29) is 74.3 Å². The Morgan fingerprint density at radius 3 is 1.09 bits per heavy atom. The molecule has 8 aromatic carbocycles. The molecular formula is C102H137Cl3N8O22S2. The van der Waals surface area contributed by atoms with Gasteiger partial charge in [0.15, 0.2) is 0 Å². The number of nitrogens with one attached hydrogen (secondary N) is 3. The Morgan fingerprint density at radius 2 is 0.693 bits per heavy atom. The lowest BCUT2D eigenvalue weighted by atomic mass is 9.92. The molecule has 3 atom stereocenters. The van der Waals surface area contributed by atoms with E-state index in [0.29, 0.717) is 94.7 Å². The van der Waals surface area contributed by atoms with Crippen LogP contribution in [0, 0.1) is 6.92 Å². The second kappa shape index (κ2) is 50.3. The molecule has 3 unspecified atom stereocenters. The number of carbonyl (C=O) groups is 6. The van der Waals surface area contributed by atoms with Crippen molar-refractivity contribution >= 4 is 93.6 Å². The number of aliphatic hydroxyl groups excluding tert-OH is 2. The molecule has 6 amide bonds. The molecule has 16 rings (SSSR count). The van der Waals surface area contributed by atoms with E-state index in [9.17, 15) is 55.8 Å². The van der Waals surface area contributed by atoms with Crippen LogP contribution in [0.3, 0.4) is 0 Å². The molecule has 35 heteroatoms. The van der Waals surface area contributed by atoms with Gasteiger partial charge in [0.25, 0.3) is 11.8 Å². The Morgan fingerprint density at radius 1 is 0.372 bits per heavy atom. The fraction of sp³-hybridized carbons (Fsp3) is 0.471. The number of benzene rings is 8. The topological polar surface area (TPSA) is 356 Å². The minimum absolute atomic E-state index is 0. The summed E-state index contributed by atoms with van der Waals surface area (Å²) in [6.07, 6.45) is 3.02. The first-order valence-corrected chi connectivity index (χ1v) is 49.3. The highest BCUT2D eigenvalue weighted by Crippen LogP contribution is 2.40.